The van der Waals surface area contributed by atoms with Gasteiger partial charge in [0.2, 0.25) is 0 Å². The third kappa shape index (κ3) is 1.56. The standard InChI is InChI=1S/C15H14N2O/c1-10-6-8-11(9-7-10)15-14-12(17(2)16-15)4-3-5-13(14)18/h3-9,18H,1-2H3. The third-order valence-electron chi connectivity index (χ3n) is 3.18. The van der Waals surface area contributed by atoms with Crippen LogP contribution in [0.5, 0.6) is 5.75 Å². The summed E-state index contributed by atoms with van der Waals surface area (Å²) in [6.45, 7) is 2.05. The molecule has 0 radical (unpaired) electrons. The molecule has 0 aliphatic rings. The quantitative estimate of drug-likeness (QED) is 0.706. The lowest BCUT2D eigenvalue weighted by Gasteiger charge is -2.00. The van der Waals surface area contributed by atoms with Gasteiger partial charge in [-0.3, -0.25) is 4.68 Å². The second-order valence-corrected chi connectivity index (χ2v) is 4.51. The van der Waals surface area contributed by atoms with Crippen LogP contribution in [0.1, 0.15) is 5.56 Å². The zero-order valence-corrected chi connectivity index (χ0v) is 10.4. The van der Waals surface area contributed by atoms with E-state index in [1.54, 1.807) is 10.7 Å². The van der Waals surface area contributed by atoms with Gasteiger partial charge in [0, 0.05) is 12.6 Å². The van der Waals surface area contributed by atoms with E-state index in [0.29, 0.717) is 0 Å². The first-order valence-corrected chi connectivity index (χ1v) is 5.88. The van der Waals surface area contributed by atoms with Crippen LogP contribution in [0.4, 0.5) is 0 Å². The zero-order valence-electron chi connectivity index (χ0n) is 10.4. The third-order valence-corrected chi connectivity index (χ3v) is 3.18. The Balaban J connectivity index is 2.32. The van der Waals surface area contributed by atoms with E-state index in [0.717, 1.165) is 22.2 Å². The Labute approximate surface area is 105 Å². The van der Waals surface area contributed by atoms with Crippen molar-refractivity contribution < 1.29 is 5.11 Å². The van der Waals surface area contributed by atoms with Crippen molar-refractivity contribution in [2.24, 2.45) is 7.05 Å². The first-order valence-electron chi connectivity index (χ1n) is 5.88. The van der Waals surface area contributed by atoms with Crippen LogP contribution in [0.2, 0.25) is 0 Å². The van der Waals surface area contributed by atoms with Crippen LogP contribution in [-0.2, 0) is 7.05 Å². The number of rotatable bonds is 1. The molecular weight excluding hydrogens is 224 g/mol. The SMILES string of the molecule is Cc1ccc(-c2nn(C)c3cccc(O)c23)cc1. The molecule has 0 bridgehead atoms. The van der Waals surface area contributed by atoms with Gasteiger partial charge in [0.1, 0.15) is 11.4 Å². The van der Waals surface area contributed by atoms with E-state index in [1.165, 1.54) is 5.56 Å². The van der Waals surface area contributed by atoms with Crippen LogP contribution in [0, 0.1) is 6.92 Å². The van der Waals surface area contributed by atoms with Gasteiger partial charge in [0.25, 0.3) is 0 Å². The van der Waals surface area contributed by atoms with Crippen LogP contribution in [0.15, 0.2) is 42.5 Å². The van der Waals surface area contributed by atoms with Gasteiger partial charge in [-0.2, -0.15) is 5.10 Å². The molecule has 0 amide bonds. The summed E-state index contributed by atoms with van der Waals surface area (Å²) in [5, 5.41) is 15.3. The summed E-state index contributed by atoms with van der Waals surface area (Å²) in [5.74, 6) is 0.274. The molecule has 3 rings (SSSR count). The lowest BCUT2D eigenvalue weighted by atomic mass is 10.1. The Kier molecular flexibility index (Phi) is 2.33. The maximum Gasteiger partial charge on any atom is 0.127 e. The van der Waals surface area contributed by atoms with Gasteiger partial charge >= 0.3 is 0 Å². The van der Waals surface area contributed by atoms with E-state index in [4.69, 9.17) is 0 Å². The van der Waals surface area contributed by atoms with Crippen molar-refractivity contribution in [1.29, 1.82) is 0 Å². The fourth-order valence-corrected chi connectivity index (χ4v) is 2.21. The van der Waals surface area contributed by atoms with Gasteiger partial charge in [0.05, 0.1) is 10.9 Å². The summed E-state index contributed by atoms with van der Waals surface area (Å²) in [4.78, 5) is 0. The van der Waals surface area contributed by atoms with Crippen molar-refractivity contribution in [1.82, 2.24) is 9.78 Å². The molecular formula is C15H14N2O. The maximum atomic E-state index is 10.0. The highest BCUT2D eigenvalue weighted by Gasteiger charge is 2.13. The van der Waals surface area contributed by atoms with Crippen molar-refractivity contribution in [3.05, 3.63) is 48.0 Å². The number of hydrogen-bond donors (Lipinski definition) is 1. The number of aromatic hydroxyl groups is 1. The van der Waals surface area contributed by atoms with Crippen LogP contribution in [-0.4, -0.2) is 14.9 Å². The van der Waals surface area contributed by atoms with Crippen LogP contribution < -0.4 is 0 Å². The lowest BCUT2D eigenvalue weighted by Crippen LogP contribution is -1.89. The number of phenols is 1. The molecule has 0 aliphatic heterocycles. The molecule has 3 heteroatoms. The molecule has 3 nitrogen and oxygen atoms in total. The molecule has 1 heterocycles. The Morgan fingerprint density at radius 2 is 1.78 bits per heavy atom. The summed E-state index contributed by atoms with van der Waals surface area (Å²) in [7, 11) is 1.89. The Morgan fingerprint density at radius 3 is 2.50 bits per heavy atom. The second kappa shape index (κ2) is 3.88. The highest BCUT2D eigenvalue weighted by atomic mass is 16.3. The van der Waals surface area contributed by atoms with E-state index in [-0.39, 0.29) is 5.75 Å². The highest BCUT2D eigenvalue weighted by molar-refractivity contribution is 5.97. The van der Waals surface area contributed by atoms with E-state index >= 15 is 0 Å². The number of fused-ring (bicyclic) bond motifs is 1. The van der Waals surface area contributed by atoms with E-state index in [1.807, 2.05) is 31.3 Å². The average molecular weight is 238 g/mol. The normalized spacial score (nSPS) is 11.0. The predicted octanol–water partition coefficient (Wildman–Crippen LogP) is 3.25. The van der Waals surface area contributed by atoms with Crippen molar-refractivity contribution in [2.45, 2.75) is 6.92 Å². The van der Waals surface area contributed by atoms with Crippen LogP contribution >= 0.6 is 0 Å². The number of nitrogens with zero attached hydrogens (tertiary/aromatic N) is 2. The average Bonchev–Trinajstić information content (AvgIpc) is 2.70. The summed E-state index contributed by atoms with van der Waals surface area (Å²) < 4.78 is 1.80. The van der Waals surface area contributed by atoms with Crippen molar-refractivity contribution in [3.8, 4) is 17.0 Å². The second-order valence-electron chi connectivity index (χ2n) is 4.51. The van der Waals surface area contributed by atoms with Gasteiger partial charge in [-0.15, -0.1) is 0 Å². The molecule has 0 unspecified atom stereocenters. The number of aromatic nitrogens is 2. The number of hydrogen-bond acceptors (Lipinski definition) is 2. The minimum Gasteiger partial charge on any atom is -0.507 e. The summed E-state index contributed by atoms with van der Waals surface area (Å²) in [5.41, 5.74) is 3.99. The van der Waals surface area contributed by atoms with Crippen LogP contribution in [0.25, 0.3) is 22.2 Å². The molecule has 0 spiro atoms. The molecule has 18 heavy (non-hydrogen) atoms. The molecule has 0 saturated carbocycles. The number of phenolic OH excluding ortho intramolecular Hbond substituents is 1. The smallest absolute Gasteiger partial charge is 0.127 e. The summed E-state index contributed by atoms with van der Waals surface area (Å²) >= 11 is 0. The zero-order chi connectivity index (χ0) is 12.7. The Morgan fingerprint density at radius 1 is 1.06 bits per heavy atom. The first kappa shape index (κ1) is 10.8. The minimum atomic E-state index is 0.274. The number of benzene rings is 2. The topological polar surface area (TPSA) is 38.0 Å². The molecule has 3 aromatic rings. The predicted molar refractivity (Wildman–Crippen MR) is 72.6 cm³/mol. The maximum absolute atomic E-state index is 10.0. The Hall–Kier alpha value is -2.29. The van der Waals surface area contributed by atoms with Gasteiger partial charge in [-0.1, -0.05) is 35.9 Å². The largest absolute Gasteiger partial charge is 0.507 e. The molecule has 0 aliphatic carbocycles. The molecule has 0 atom stereocenters. The molecule has 2 aromatic carbocycles. The Bertz CT molecular complexity index is 711. The van der Waals surface area contributed by atoms with E-state index in [9.17, 15) is 5.11 Å². The van der Waals surface area contributed by atoms with Gasteiger partial charge in [-0.05, 0) is 19.1 Å². The molecule has 1 aromatic heterocycles. The van der Waals surface area contributed by atoms with Crippen molar-refractivity contribution in [3.63, 3.8) is 0 Å². The highest BCUT2D eigenvalue weighted by Crippen LogP contribution is 2.33. The van der Waals surface area contributed by atoms with Crippen molar-refractivity contribution >= 4 is 10.9 Å². The first-order chi connectivity index (χ1) is 8.66. The molecule has 90 valence electrons. The van der Waals surface area contributed by atoms with Gasteiger partial charge in [-0.25, -0.2) is 0 Å². The minimum absolute atomic E-state index is 0.274. The van der Waals surface area contributed by atoms with E-state index in [2.05, 4.69) is 24.2 Å². The van der Waals surface area contributed by atoms with E-state index < -0.39 is 0 Å². The van der Waals surface area contributed by atoms with Gasteiger partial charge in [0.15, 0.2) is 0 Å². The fourth-order valence-electron chi connectivity index (χ4n) is 2.21. The fraction of sp³-hybridized carbons (Fsp3) is 0.133. The molecule has 0 saturated heterocycles. The van der Waals surface area contributed by atoms with Crippen molar-refractivity contribution in [2.75, 3.05) is 0 Å². The molecule has 0 fully saturated rings. The van der Waals surface area contributed by atoms with Crippen LogP contribution in [0.3, 0.4) is 0 Å². The van der Waals surface area contributed by atoms with Gasteiger partial charge < -0.3 is 5.11 Å². The summed E-state index contributed by atoms with van der Waals surface area (Å²) in [6, 6.07) is 13.7. The summed E-state index contributed by atoms with van der Waals surface area (Å²) in [6.07, 6.45) is 0. The lowest BCUT2D eigenvalue weighted by molar-refractivity contribution is 0.482. The number of aryl methyl sites for hydroxylation is 2. The monoisotopic (exact) mass is 238 g/mol. The molecule has 1 N–H and O–H groups in total.